The predicted molar refractivity (Wildman–Crippen MR) is 70.4 cm³/mol. The van der Waals surface area contributed by atoms with Gasteiger partial charge in [0.25, 0.3) is 0 Å². The molecule has 1 aliphatic rings. The van der Waals surface area contributed by atoms with E-state index in [4.69, 9.17) is 0 Å². The van der Waals surface area contributed by atoms with E-state index in [-0.39, 0.29) is 11.3 Å². The number of carbonyl (C=O) groups is 1. The molecule has 0 aliphatic heterocycles. The van der Waals surface area contributed by atoms with Gasteiger partial charge in [0.2, 0.25) is 5.78 Å². The summed E-state index contributed by atoms with van der Waals surface area (Å²) in [5.74, 6) is 0.834. The van der Waals surface area contributed by atoms with Crippen LogP contribution in [-0.4, -0.2) is 40.3 Å². The van der Waals surface area contributed by atoms with E-state index >= 15 is 0 Å². The van der Waals surface area contributed by atoms with E-state index < -0.39 is 0 Å². The van der Waals surface area contributed by atoms with Gasteiger partial charge in [-0.2, -0.15) is 0 Å². The Labute approximate surface area is 108 Å². The largest absolute Gasteiger partial charge is 0.297 e. The van der Waals surface area contributed by atoms with Crippen molar-refractivity contribution in [2.75, 3.05) is 14.1 Å². The zero-order valence-electron chi connectivity index (χ0n) is 11.4. The number of carbonyl (C=O) groups excluding carboxylic acids is 1. The van der Waals surface area contributed by atoms with E-state index in [1.54, 1.807) is 18.6 Å². The molecule has 0 atom stereocenters. The third kappa shape index (κ3) is 2.29. The van der Waals surface area contributed by atoms with E-state index in [1.807, 2.05) is 14.1 Å². The molecule has 1 aromatic rings. The number of hydrogen-bond acceptors (Lipinski definition) is 4. The van der Waals surface area contributed by atoms with Crippen LogP contribution in [-0.2, 0) is 0 Å². The molecule has 0 saturated heterocycles. The summed E-state index contributed by atoms with van der Waals surface area (Å²) in [6.45, 7) is 2.26. The molecule has 0 bridgehead atoms. The lowest BCUT2D eigenvalue weighted by Gasteiger charge is -2.42. The maximum Gasteiger partial charge on any atom is 0.202 e. The standard InChI is InChI=1S/C14H21N3O/c1-11-4-6-14(7-5-11,17(2)3)13(18)12-10-15-8-9-16-12/h8-11H,4-7H2,1-3H3. The topological polar surface area (TPSA) is 46.1 Å². The summed E-state index contributed by atoms with van der Waals surface area (Å²) in [5, 5.41) is 0. The SMILES string of the molecule is CC1CCC(C(=O)c2cnccn2)(N(C)C)CC1. The molecule has 0 amide bonds. The van der Waals surface area contributed by atoms with Gasteiger partial charge in [-0.05, 0) is 45.7 Å². The zero-order valence-corrected chi connectivity index (χ0v) is 11.4. The highest BCUT2D eigenvalue weighted by atomic mass is 16.1. The Hall–Kier alpha value is -1.29. The third-order valence-electron chi connectivity index (χ3n) is 4.18. The fourth-order valence-electron chi connectivity index (χ4n) is 2.77. The molecule has 1 aromatic heterocycles. The molecule has 0 unspecified atom stereocenters. The Bertz CT molecular complexity index is 408. The van der Waals surface area contributed by atoms with Gasteiger partial charge in [0.1, 0.15) is 5.69 Å². The predicted octanol–water partition coefficient (Wildman–Crippen LogP) is 2.17. The summed E-state index contributed by atoms with van der Waals surface area (Å²) in [4.78, 5) is 23.0. The second kappa shape index (κ2) is 5.14. The van der Waals surface area contributed by atoms with E-state index in [2.05, 4.69) is 21.8 Å². The molecule has 2 rings (SSSR count). The number of nitrogens with zero attached hydrogens (tertiary/aromatic N) is 3. The molecule has 0 N–H and O–H groups in total. The molecule has 0 aromatic carbocycles. The van der Waals surface area contributed by atoms with Gasteiger partial charge in [0, 0.05) is 12.4 Å². The highest BCUT2D eigenvalue weighted by Gasteiger charge is 2.43. The lowest BCUT2D eigenvalue weighted by atomic mass is 9.73. The monoisotopic (exact) mass is 247 g/mol. The van der Waals surface area contributed by atoms with Crippen molar-refractivity contribution in [3.63, 3.8) is 0 Å². The van der Waals surface area contributed by atoms with Crippen LogP contribution in [0, 0.1) is 5.92 Å². The maximum atomic E-state index is 12.7. The van der Waals surface area contributed by atoms with Crippen molar-refractivity contribution in [3.8, 4) is 0 Å². The van der Waals surface area contributed by atoms with E-state index in [1.165, 1.54) is 0 Å². The third-order valence-corrected chi connectivity index (χ3v) is 4.18. The van der Waals surface area contributed by atoms with Gasteiger partial charge in [-0.15, -0.1) is 0 Å². The van der Waals surface area contributed by atoms with Crippen LogP contribution in [0.1, 0.15) is 43.1 Å². The highest BCUT2D eigenvalue weighted by Crippen LogP contribution is 2.37. The van der Waals surface area contributed by atoms with Crippen LogP contribution in [0.2, 0.25) is 0 Å². The van der Waals surface area contributed by atoms with Crippen LogP contribution < -0.4 is 0 Å². The van der Waals surface area contributed by atoms with Crippen LogP contribution in [0.15, 0.2) is 18.6 Å². The Morgan fingerprint density at radius 3 is 2.50 bits per heavy atom. The quantitative estimate of drug-likeness (QED) is 0.768. The summed E-state index contributed by atoms with van der Waals surface area (Å²) in [6, 6.07) is 0. The van der Waals surface area contributed by atoms with Crippen molar-refractivity contribution in [2.24, 2.45) is 5.92 Å². The van der Waals surface area contributed by atoms with E-state index in [0.29, 0.717) is 11.6 Å². The number of rotatable bonds is 3. The molecule has 98 valence electrons. The Balaban J connectivity index is 2.29. The van der Waals surface area contributed by atoms with E-state index in [9.17, 15) is 4.79 Å². The minimum atomic E-state index is -0.386. The molecule has 1 fully saturated rings. The maximum absolute atomic E-state index is 12.7. The molecular formula is C14H21N3O. The van der Waals surface area contributed by atoms with Crippen molar-refractivity contribution in [1.82, 2.24) is 14.9 Å². The minimum Gasteiger partial charge on any atom is -0.297 e. The normalized spacial score (nSPS) is 28.3. The lowest BCUT2D eigenvalue weighted by molar-refractivity contribution is 0.0507. The summed E-state index contributed by atoms with van der Waals surface area (Å²) in [6.07, 6.45) is 8.79. The molecular weight excluding hydrogens is 226 g/mol. The number of aromatic nitrogens is 2. The van der Waals surface area contributed by atoms with Crippen LogP contribution in [0.3, 0.4) is 0 Å². The van der Waals surface area contributed by atoms with Crippen LogP contribution in [0.4, 0.5) is 0 Å². The first-order chi connectivity index (χ1) is 8.56. The first-order valence-corrected chi connectivity index (χ1v) is 6.54. The first kappa shape index (κ1) is 13.1. The van der Waals surface area contributed by atoms with Crippen LogP contribution in [0.25, 0.3) is 0 Å². The molecule has 0 radical (unpaired) electrons. The average molecular weight is 247 g/mol. The van der Waals surface area contributed by atoms with Gasteiger partial charge in [-0.3, -0.25) is 14.7 Å². The lowest BCUT2D eigenvalue weighted by Crippen LogP contribution is -2.53. The summed E-state index contributed by atoms with van der Waals surface area (Å²) >= 11 is 0. The van der Waals surface area contributed by atoms with Crippen molar-refractivity contribution in [1.29, 1.82) is 0 Å². The molecule has 4 nitrogen and oxygen atoms in total. The van der Waals surface area contributed by atoms with Gasteiger partial charge >= 0.3 is 0 Å². The summed E-state index contributed by atoms with van der Waals surface area (Å²) in [7, 11) is 3.98. The molecule has 18 heavy (non-hydrogen) atoms. The van der Waals surface area contributed by atoms with Gasteiger partial charge in [-0.1, -0.05) is 6.92 Å². The summed E-state index contributed by atoms with van der Waals surface area (Å²) < 4.78 is 0. The minimum absolute atomic E-state index is 0.118. The Morgan fingerprint density at radius 2 is 2.00 bits per heavy atom. The number of hydrogen-bond donors (Lipinski definition) is 0. The van der Waals surface area contributed by atoms with Crippen LogP contribution in [0.5, 0.6) is 0 Å². The van der Waals surface area contributed by atoms with Crippen molar-refractivity contribution in [3.05, 3.63) is 24.3 Å². The molecule has 1 aliphatic carbocycles. The van der Waals surface area contributed by atoms with Crippen molar-refractivity contribution < 1.29 is 4.79 Å². The molecule has 1 saturated carbocycles. The number of likely N-dealkylation sites (N-methyl/N-ethyl adjacent to an activating group) is 1. The smallest absolute Gasteiger partial charge is 0.202 e. The fourth-order valence-corrected chi connectivity index (χ4v) is 2.77. The van der Waals surface area contributed by atoms with Crippen LogP contribution >= 0.6 is 0 Å². The van der Waals surface area contributed by atoms with Gasteiger partial charge in [-0.25, -0.2) is 4.98 Å². The van der Waals surface area contributed by atoms with Crippen molar-refractivity contribution in [2.45, 2.75) is 38.1 Å². The fraction of sp³-hybridized carbons (Fsp3) is 0.643. The van der Waals surface area contributed by atoms with E-state index in [0.717, 1.165) is 25.7 Å². The first-order valence-electron chi connectivity index (χ1n) is 6.54. The second-order valence-corrected chi connectivity index (χ2v) is 5.53. The Kier molecular flexibility index (Phi) is 3.76. The zero-order chi connectivity index (χ0) is 13.2. The van der Waals surface area contributed by atoms with Gasteiger partial charge in [0.05, 0.1) is 11.7 Å². The van der Waals surface area contributed by atoms with Crippen molar-refractivity contribution >= 4 is 5.78 Å². The van der Waals surface area contributed by atoms with Gasteiger partial charge in [0.15, 0.2) is 0 Å². The highest BCUT2D eigenvalue weighted by molar-refractivity contribution is 6.01. The summed E-state index contributed by atoms with van der Waals surface area (Å²) in [5.41, 5.74) is 0.100. The number of ketones is 1. The second-order valence-electron chi connectivity index (χ2n) is 5.53. The number of Topliss-reactive ketones (excluding diaryl/α,β-unsaturated/α-hetero) is 1. The molecule has 0 spiro atoms. The Morgan fingerprint density at radius 1 is 1.33 bits per heavy atom. The molecule has 1 heterocycles. The molecule has 4 heteroatoms. The average Bonchev–Trinajstić information content (AvgIpc) is 2.40. The van der Waals surface area contributed by atoms with Gasteiger partial charge < -0.3 is 0 Å².